The van der Waals surface area contributed by atoms with Gasteiger partial charge >= 0.3 is 6.18 Å². The zero-order valence-corrected chi connectivity index (χ0v) is 20.2. The van der Waals surface area contributed by atoms with Crippen molar-refractivity contribution in [1.82, 2.24) is 24.4 Å². The lowest BCUT2D eigenvalue weighted by molar-refractivity contribution is -0.192. The van der Waals surface area contributed by atoms with E-state index in [1.807, 2.05) is 23.2 Å². The summed E-state index contributed by atoms with van der Waals surface area (Å²) in [7, 11) is 0. The van der Waals surface area contributed by atoms with Gasteiger partial charge in [-0.25, -0.2) is 15.0 Å². The molecule has 3 aromatic rings. The molecule has 6 rings (SSSR count). The van der Waals surface area contributed by atoms with E-state index in [1.165, 1.54) is 6.42 Å². The molecule has 1 saturated heterocycles. The Morgan fingerprint density at radius 1 is 1.06 bits per heavy atom. The summed E-state index contributed by atoms with van der Waals surface area (Å²) in [4.78, 5) is 28.6. The van der Waals surface area contributed by atoms with Crippen molar-refractivity contribution >= 4 is 16.7 Å². The number of fused-ring (bicyclic) bond motifs is 2. The number of aromatic nitrogens is 4. The number of nitrogens with zero attached hydrogens (tertiary/aromatic N) is 5. The molecule has 1 aromatic carbocycles. The summed E-state index contributed by atoms with van der Waals surface area (Å²) < 4.78 is 42.1. The number of likely N-dealkylation sites (tertiary alicyclic amines) is 1. The second-order valence-corrected chi connectivity index (χ2v) is 10.7. The molecule has 0 unspecified atom stereocenters. The van der Waals surface area contributed by atoms with Crippen molar-refractivity contribution in [2.45, 2.75) is 64.1 Å². The summed E-state index contributed by atoms with van der Waals surface area (Å²) in [6.07, 6.45) is 4.67. The molecule has 36 heavy (non-hydrogen) atoms. The van der Waals surface area contributed by atoms with Crippen LogP contribution in [0.2, 0.25) is 0 Å². The minimum absolute atomic E-state index is 0.0634. The fraction of sp³-hybridized carbons (Fsp3) is 0.556. The molecule has 2 aromatic heterocycles. The Balaban J connectivity index is 1.11. The Morgan fingerprint density at radius 2 is 1.86 bits per heavy atom. The number of carbonyl (C=O) groups excluding carboxylic acids is 1. The number of piperidine rings is 1. The molecule has 0 atom stereocenters. The standard InChI is InChI=1S/C27H30F3N5O/c28-27(29,30)26(8-9-26)17-34-11-6-18(7-12-34)23(36)14-24-31-15-20-5-4-19(13-21(20)33-24)22-16-32-25-3-1-2-10-35(22)25/h4-5,13,15-16,18H,1-3,6-12,14,17H2. The molecule has 0 N–H and O–H groups in total. The highest BCUT2D eigenvalue weighted by atomic mass is 19.4. The number of halogens is 3. The fourth-order valence-corrected chi connectivity index (χ4v) is 5.78. The Morgan fingerprint density at radius 3 is 2.61 bits per heavy atom. The summed E-state index contributed by atoms with van der Waals surface area (Å²) in [5, 5.41) is 0.917. The highest BCUT2D eigenvalue weighted by molar-refractivity contribution is 5.85. The summed E-state index contributed by atoms with van der Waals surface area (Å²) in [6.45, 7) is 2.11. The number of benzene rings is 1. The van der Waals surface area contributed by atoms with Crippen molar-refractivity contribution in [2.75, 3.05) is 19.6 Å². The van der Waals surface area contributed by atoms with Gasteiger partial charge in [0, 0.05) is 42.6 Å². The summed E-state index contributed by atoms with van der Waals surface area (Å²) in [5.41, 5.74) is 1.43. The Labute approximate surface area is 207 Å². The maximum absolute atomic E-state index is 13.3. The number of ketones is 1. The van der Waals surface area contributed by atoms with Crippen LogP contribution in [-0.4, -0.2) is 56.0 Å². The zero-order chi connectivity index (χ0) is 24.9. The Kier molecular flexibility index (Phi) is 5.85. The Hall–Kier alpha value is -2.81. The molecule has 0 bridgehead atoms. The second-order valence-electron chi connectivity index (χ2n) is 10.7. The van der Waals surface area contributed by atoms with E-state index in [0.29, 0.717) is 31.8 Å². The van der Waals surface area contributed by atoms with E-state index in [1.54, 1.807) is 6.20 Å². The molecular weight excluding hydrogens is 467 g/mol. The summed E-state index contributed by atoms with van der Waals surface area (Å²) >= 11 is 0. The van der Waals surface area contributed by atoms with Gasteiger partial charge in [-0.3, -0.25) is 4.79 Å². The van der Waals surface area contributed by atoms with Crippen molar-refractivity contribution in [2.24, 2.45) is 11.3 Å². The van der Waals surface area contributed by atoms with Gasteiger partial charge in [-0.15, -0.1) is 0 Å². The highest BCUT2D eigenvalue weighted by Crippen LogP contribution is 2.58. The largest absolute Gasteiger partial charge is 0.395 e. The molecule has 4 heterocycles. The van der Waals surface area contributed by atoms with Crippen LogP contribution in [0.5, 0.6) is 0 Å². The zero-order valence-electron chi connectivity index (χ0n) is 20.2. The maximum atomic E-state index is 13.3. The molecule has 0 radical (unpaired) electrons. The third kappa shape index (κ3) is 4.42. The van der Waals surface area contributed by atoms with Gasteiger partial charge in [0.2, 0.25) is 0 Å². The fourth-order valence-electron chi connectivity index (χ4n) is 5.78. The number of hydrogen-bond acceptors (Lipinski definition) is 5. The number of aryl methyl sites for hydroxylation is 1. The number of hydrogen-bond donors (Lipinski definition) is 0. The van der Waals surface area contributed by atoms with Crippen LogP contribution in [0, 0.1) is 11.3 Å². The average Bonchev–Trinajstić information content (AvgIpc) is 3.54. The molecule has 1 aliphatic carbocycles. The molecule has 0 amide bonds. The van der Waals surface area contributed by atoms with Crippen LogP contribution in [0.4, 0.5) is 13.2 Å². The lowest BCUT2D eigenvalue weighted by atomic mass is 9.90. The molecular formula is C27H30F3N5O. The molecule has 1 saturated carbocycles. The lowest BCUT2D eigenvalue weighted by Crippen LogP contribution is -2.43. The van der Waals surface area contributed by atoms with Crippen LogP contribution in [0.25, 0.3) is 22.2 Å². The van der Waals surface area contributed by atoms with E-state index in [0.717, 1.165) is 47.4 Å². The smallest absolute Gasteiger partial charge is 0.328 e. The van der Waals surface area contributed by atoms with Crippen LogP contribution in [0.1, 0.15) is 50.2 Å². The number of imidazole rings is 1. The predicted octanol–water partition coefficient (Wildman–Crippen LogP) is 5.00. The molecule has 3 aliphatic rings. The lowest BCUT2D eigenvalue weighted by Gasteiger charge is -2.34. The van der Waals surface area contributed by atoms with Gasteiger partial charge in [-0.1, -0.05) is 12.1 Å². The second kappa shape index (κ2) is 8.94. The first-order valence-electron chi connectivity index (χ1n) is 12.9. The topological polar surface area (TPSA) is 63.9 Å². The van der Waals surface area contributed by atoms with Crippen molar-refractivity contribution in [3.8, 4) is 11.3 Å². The van der Waals surface area contributed by atoms with Crippen LogP contribution in [-0.2, 0) is 24.2 Å². The van der Waals surface area contributed by atoms with Gasteiger partial charge in [0.25, 0.3) is 0 Å². The number of carbonyl (C=O) groups is 1. The van der Waals surface area contributed by atoms with E-state index in [4.69, 9.17) is 4.98 Å². The third-order valence-corrected chi connectivity index (χ3v) is 8.26. The number of Topliss-reactive ketones (excluding diaryl/α,β-unsaturated/α-hetero) is 1. The quantitative estimate of drug-likeness (QED) is 0.480. The average molecular weight is 498 g/mol. The van der Waals surface area contributed by atoms with Crippen LogP contribution >= 0.6 is 0 Å². The van der Waals surface area contributed by atoms with Crippen LogP contribution in [0.3, 0.4) is 0 Å². The number of alkyl halides is 3. The summed E-state index contributed by atoms with van der Waals surface area (Å²) in [6, 6.07) is 6.10. The molecule has 2 fully saturated rings. The summed E-state index contributed by atoms with van der Waals surface area (Å²) in [5.74, 6) is 1.55. The third-order valence-electron chi connectivity index (χ3n) is 8.26. The van der Waals surface area contributed by atoms with Gasteiger partial charge in [-0.2, -0.15) is 13.2 Å². The van der Waals surface area contributed by atoms with E-state index < -0.39 is 11.6 Å². The Bertz CT molecular complexity index is 1290. The van der Waals surface area contributed by atoms with E-state index in [-0.39, 0.29) is 37.5 Å². The first-order chi connectivity index (χ1) is 17.3. The van der Waals surface area contributed by atoms with Gasteiger partial charge < -0.3 is 9.47 Å². The van der Waals surface area contributed by atoms with Crippen LogP contribution < -0.4 is 0 Å². The van der Waals surface area contributed by atoms with E-state index in [9.17, 15) is 18.0 Å². The van der Waals surface area contributed by atoms with Crippen molar-refractivity contribution in [3.05, 3.63) is 42.2 Å². The van der Waals surface area contributed by atoms with Gasteiger partial charge in [0.15, 0.2) is 0 Å². The molecule has 6 nitrogen and oxygen atoms in total. The monoisotopic (exact) mass is 497 g/mol. The van der Waals surface area contributed by atoms with Gasteiger partial charge in [0.1, 0.15) is 17.4 Å². The molecule has 0 spiro atoms. The SMILES string of the molecule is O=C(Cc1ncc2ccc(-c3cnc4n3CCCC4)cc2n1)C1CCN(CC2(C(F)(F)F)CC2)CC1. The normalized spacial score (nSPS) is 20.4. The van der Waals surface area contributed by atoms with E-state index in [2.05, 4.69) is 20.6 Å². The maximum Gasteiger partial charge on any atom is 0.395 e. The number of rotatable bonds is 6. The van der Waals surface area contributed by atoms with Crippen molar-refractivity contribution < 1.29 is 18.0 Å². The predicted molar refractivity (Wildman–Crippen MR) is 129 cm³/mol. The first-order valence-corrected chi connectivity index (χ1v) is 12.9. The van der Waals surface area contributed by atoms with E-state index >= 15 is 0 Å². The molecule has 2 aliphatic heterocycles. The van der Waals surface area contributed by atoms with Crippen molar-refractivity contribution in [3.63, 3.8) is 0 Å². The highest BCUT2D eigenvalue weighted by Gasteiger charge is 2.63. The van der Waals surface area contributed by atoms with Crippen molar-refractivity contribution in [1.29, 1.82) is 0 Å². The minimum atomic E-state index is -4.13. The van der Waals surface area contributed by atoms with Crippen LogP contribution in [0.15, 0.2) is 30.6 Å². The molecule has 9 heteroatoms. The minimum Gasteiger partial charge on any atom is -0.328 e. The van der Waals surface area contributed by atoms with Gasteiger partial charge in [-0.05, 0) is 57.7 Å². The molecule has 190 valence electrons. The van der Waals surface area contributed by atoms with Gasteiger partial charge in [0.05, 0.1) is 29.2 Å². The first kappa shape index (κ1) is 23.6.